The highest BCUT2D eigenvalue weighted by molar-refractivity contribution is 6.31. The molecule has 7 nitrogen and oxygen atoms in total. The molecule has 1 fully saturated rings. The van der Waals surface area contributed by atoms with Gasteiger partial charge in [-0.25, -0.2) is 18.5 Å². The molecule has 0 spiro atoms. The zero-order valence-electron chi connectivity index (χ0n) is 13.6. The van der Waals surface area contributed by atoms with Gasteiger partial charge in [-0.15, -0.1) is 0 Å². The molecule has 2 N–H and O–H groups in total. The molecular formula is C16H18ClFN4O3. The Morgan fingerprint density at radius 3 is 2.76 bits per heavy atom. The number of nitrogens with one attached hydrogen (secondary N) is 2. The van der Waals surface area contributed by atoms with Crippen molar-refractivity contribution in [1.82, 2.24) is 14.5 Å². The van der Waals surface area contributed by atoms with Crippen LogP contribution in [0.3, 0.4) is 0 Å². The molecule has 1 saturated heterocycles. The van der Waals surface area contributed by atoms with Gasteiger partial charge < -0.3 is 10.1 Å². The van der Waals surface area contributed by atoms with Crippen LogP contribution in [0.5, 0.6) is 0 Å². The third-order valence-electron chi connectivity index (χ3n) is 4.20. The summed E-state index contributed by atoms with van der Waals surface area (Å²) < 4.78 is 19.5. The maximum Gasteiger partial charge on any atom is 0.355 e. The molecule has 0 unspecified atom stereocenters. The number of ether oxygens (including phenoxy) is 1. The van der Waals surface area contributed by atoms with Crippen LogP contribution in [0.4, 0.5) is 10.3 Å². The minimum Gasteiger partial charge on any atom is -0.381 e. The van der Waals surface area contributed by atoms with Crippen LogP contribution in [0, 0.1) is 5.82 Å². The maximum atomic E-state index is 13.1. The van der Waals surface area contributed by atoms with Gasteiger partial charge in [0.1, 0.15) is 5.82 Å². The average Bonchev–Trinajstić information content (AvgIpc) is 2.55. The monoisotopic (exact) mass is 368 g/mol. The van der Waals surface area contributed by atoms with E-state index in [9.17, 15) is 14.0 Å². The normalized spacial score (nSPS) is 16.6. The molecule has 0 radical (unpaired) electrons. The Hall–Kier alpha value is -2.19. The fourth-order valence-electron chi connectivity index (χ4n) is 2.90. The van der Waals surface area contributed by atoms with E-state index in [-0.39, 0.29) is 23.1 Å². The molecule has 25 heavy (non-hydrogen) atoms. The molecule has 1 aromatic carbocycles. The quantitative estimate of drug-likeness (QED) is 0.864. The van der Waals surface area contributed by atoms with Gasteiger partial charge in [0.05, 0.1) is 6.04 Å². The first-order valence-corrected chi connectivity index (χ1v) is 8.35. The SMILES string of the molecule is C[C@H](Nc1nc(=O)n(C2CCOCC2)c(=O)[nH]1)c1ccc(F)cc1Cl. The van der Waals surface area contributed by atoms with E-state index in [4.69, 9.17) is 16.3 Å². The van der Waals surface area contributed by atoms with Gasteiger partial charge in [-0.2, -0.15) is 4.98 Å². The molecule has 0 aliphatic carbocycles. The average molecular weight is 369 g/mol. The molecule has 2 heterocycles. The van der Waals surface area contributed by atoms with Crippen molar-refractivity contribution in [3.05, 3.63) is 55.6 Å². The van der Waals surface area contributed by atoms with Crippen molar-refractivity contribution >= 4 is 17.5 Å². The molecule has 0 amide bonds. The number of anilines is 1. The number of H-pyrrole nitrogens is 1. The summed E-state index contributed by atoms with van der Waals surface area (Å²) in [5.74, 6) is -0.391. The molecule has 134 valence electrons. The first kappa shape index (κ1) is 17.6. The predicted octanol–water partition coefficient (Wildman–Crippen LogP) is 2.25. The van der Waals surface area contributed by atoms with E-state index in [1.165, 1.54) is 18.2 Å². The summed E-state index contributed by atoms with van der Waals surface area (Å²) in [5, 5.41) is 3.17. The van der Waals surface area contributed by atoms with E-state index in [1.54, 1.807) is 6.92 Å². The summed E-state index contributed by atoms with van der Waals surface area (Å²) >= 11 is 6.03. The van der Waals surface area contributed by atoms with Gasteiger partial charge in [-0.3, -0.25) is 4.98 Å². The topological polar surface area (TPSA) is 89.0 Å². The van der Waals surface area contributed by atoms with Crippen LogP contribution in [0.2, 0.25) is 5.02 Å². The number of aromatic amines is 1. The van der Waals surface area contributed by atoms with Gasteiger partial charge in [0.2, 0.25) is 5.95 Å². The Morgan fingerprint density at radius 2 is 2.12 bits per heavy atom. The lowest BCUT2D eigenvalue weighted by Gasteiger charge is -2.23. The Kier molecular flexibility index (Phi) is 5.19. The van der Waals surface area contributed by atoms with E-state index in [0.29, 0.717) is 31.6 Å². The minimum atomic E-state index is -0.615. The van der Waals surface area contributed by atoms with Gasteiger partial charge >= 0.3 is 11.4 Å². The lowest BCUT2D eigenvalue weighted by atomic mass is 10.1. The number of aromatic nitrogens is 3. The molecule has 3 rings (SSSR count). The zero-order chi connectivity index (χ0) is 18.0. The van der Waals surface area contributed by atoms with Crippen molar-refractivity contribution in [2.75, 3.05) is 18.5 Å². The van der Waals surface area contributed by atoms with Crippen molar-refractivity contribution in [3.63, 3.8) is 0 Å². The van der Waals surface area contributed by atoms with Gasteiger partial charge in [0.25, 0.3) is 0 Å². The lowest BCUT2D eigenvalue weighted by molar-refractivity contribution is 0.0670. The Balaban J connectivity index is 1.83. The van der Waals surface area contributed by atoms with Gasteiger partial charge in [0.15, 0.2) is 0 Å². The Morgan fingerprint density at radius 1 is 1.40 bits per heavy atom. The van der Waals surface area contributed by atoms with Crippen molar-refractivity contribution in [2.24, 2.45) is 0 Å². The molecule has 0 bridgehead atoms. The molecule has 0 saturated carbocycles. The fourth-order valence-corrected chi connectivity index (χ4v) is 3.23. The summed E-state index contributed by atoms with van der Waals surface area (Å²) in [6, 6.07) is 3.44. The second-order valence-electron chi connectivity index (χ2n) is 5.92. The smallest absolute Gasteiger partial charge is 0.355 e. The first-order valence-electron chi connectivity index (χ1n) is 7.98. The standard InChI is InChI=1S/C16H18ClFN4O3/c1-9(12-3-2-10(18)8-13(12)17)19-14-20-15(23)22(16(24)21-14)11-4-6-25-7-5-11/h2-3,8-9,11H,4-7H2,1H3,(H2,19,20,21,23,24)/t9-/m0/s1. The summed E-state index contributed by atoms with van der Waals surface area (Å²) in [6.45, 7) is 2.79. The van der Waals surface area contributed by atoms with E-state index < -0.39 is 17.2 Å². The summed E-state index contributed by atoms with van der Waals surface area (Å²) in [6.07, 6.45) is 1.19. The largest absolute Gasteiger partial charge is 0.381 e. The van der Waals surface area contributed by atoms with Crippen molar-refractivity contribution in [2.45, 2.75) is 31.8 Å². The highest BCUT2D eigenvalue weighted by Gasteiger charge is 2.21. The van der Waals surface area contributed by atoms with Gasteiger partial charge in [-0.1, -0.05) is 17.7 Å². The van der Waals surface area contributed by atoms with E-state index in [1.807, 2.05) is 0 Å². The molecular weight excluding hydrogens is 351 g/mol. The number of rotatable bonds is 4. The summed E-state index contributed by atoms with van der Waals surface area (Å²) in [5.41, 5.74) is -0.512. The van der Waals surface area contributed by atoms with E-state index in [0.717, 1.165) is 4.57 Å². The number of hydrogen-bond acceptors (Lipinski definition) is 5. The Bertz CT molecular complexity index is 845. The highest BCUT2D eigenvalue weighted by atomic mass is 35.5. The van der Waals surface area contributed by atoms with Crippen LogP contribution in [0.1, 0.15) is 37.4 Å². The van der Waals surface area contributed by atoms with Crippen LogP contribution in [-0.4, -0.2) is 27.7 Å². The summed E-state index contributed by atoms with van der Waals surface area (Å²) in [4.78, 5) is 31.0. The third kappa shape index (κ3) is 3.91. The number of hydrogen-bond donors (Lipinski definition) is 2. The van der Waals surface area contributed by atoms with Gasteiger partial charge in [-0.05, 0) is 37.5 Å². The first-order chi connectivity index (χ1) is 12.0. The van der Waals surface area contributed by atoms with Crippen LogP contribution in [0.25, 0.3) is 0 Å². The predicted molar refractivity (Wildman–Crippen MR) is 91.7 cm³/mol. The molecule has 9 heteroatoms. The number of nitrogens with zero attached hydrogens (tertiary/aromatic N) is 2. The molecule has 1 atom stereocenters. The van der Waals surface area contributed by atoms with E-state index in [2.05, 4.69) is 15.3 Å². The van der Waals surface area contributed by atoms with Gasteiger partial charge in [0, 0.05) is 24.3 Å². The maximum absolute atomic E-state index is 13.1. The Labute approximate surface area is 147 Å². The minimum absolute atomic E-state index is 0.0474. The third-order valence-corrected chi connectivity index (χ3v) is 4.52. The fraction of sp³-hybridized carbons (Fsp3) is 0.438. The molecule has 1 aliphatic rings. The highest BCUT2D eigenvalue weighted by Crippen LogP contribution is 2.25. The lowest BCUT2D eigenvalue weighted by Crippen LogP contribution is -2.42. The van der Waals surface area contributed by atoms with Crippen molar-refractivity contribution < 1.29 is 9.13 Å². The van der Waals surface area contributed by atoms with Crippen molar-refractivity contribution in [1.29, 1.82) is 0 Å². The molecule has 2 aromatic rings. The van der Waals surface area contributed by atoms with E-state index >= 15 is 0 Å². The molecule has 1 aromatic heterocycles. The number of halogens is 2. The van der Waals surface area contributed by atoms with Crippen LogP contribution >= 0.6 is 11.6 Å². The second kappa shape index (κ2) is 7.37. The number of benzene rings is 1. The van der Waals surface area contributed by atoms with Crippen LogP contribution in [0.15, 0.2) is 27.8 Å². The molecule has 1 aliphatic heterocycles. The van der Waals surface area contributed by atoms with Crippen LogP contribution in [-0.2, 0) is 4.74 Å². The van der Waals surface area contributed by atoms with Crippen LogP contribution < -0.4 is 16.7 Å². The summed E-state index contributed by atoms with van der Waals surface area (Å²) in [7, 11) is 0. The second-order valence-corrected chi connectivity index (χ2v) is 6.33. The zero-order valence-corrected chi connectivity index (χ0v) is 14.3. The van der Waals surface area contributed by atoms with Crippen molar-refractivity contribution in [3.8, 4) is 0 Å².